The third kappa shape index (κ3) is 2.92. The molecule has 0 radical (unpaired) electrons. The van der Waals surface area contributed by atoms with Gasteiger partial charge in [0.2, 0.25) is 0 Å². The Hall–Kier alpha value is -2.40. The molecule has 2 aromatic rings. The van der Waals surface area contributed by atoms with Gasteiger partial charge in [-0.05, 0) is 48.9 Å². The molecule has 118 valence electrons. The summed E-state index contributed by atoms with van der Waals surface area (Å²) < 4.78 is 13.1. The Bertz CT molecular complexity index is 763. The maximum Gasteiger partial charge on any atom is 0.332 e. The van der Waals surface area contributed by atoms with E-state index in [1.54, 1.807) is 31.2 Å². The Kier molecular flexibility index (Phi) is 4.05. The van der Waals surface area contributed by atoms with Gasteiger partial charge in [-0.3, -0.25) is 14.6 Å². The lowest BCUT2D eigenvalue weighted by Crippen LogP contribution is -2.33. The molecule has 1 fully saturated rings. The first-order valence-electron chi connectivity index (χ1n) is 7.12. The van der Waals surface area contributed by atoms with Gasteiger partial charge < -0.3 is 0 Å². The van der Waals surface area contributed by atoms with Crippen LogP contribution in [0.1, 0.15) is 12.5 Å². The van der Waals surface area contributed by atoms with E-state index in [0.29, 0.717) is 10.7 Å². The van der Waals surface area contributed by atoms with Crippen molar-refractivity contribution < 1.29 is 14.0 Å². The number of anilines is 1. The predicted molar refractivity (Wildman–Crippen MR) is 85.7 cm³/mol. The molecule has 23 heavy (non-hydrogen) atoms. The molecule has 0 aliphatic carbocycles. The number of nitrogens with zero attached hydrogens (tertiary/aromatic N) is 2. The lowest BCUT2D eigenvalue weighted by Gasteiger charge is -2.19. The van der Waals surface area contributed by atoms with Gasteiger partial charge in [0.25, 0.3) is 5.91 Å². The topological polar surface area (TPSA) is 40.6 Å². The van der Waals surface area contributed by atoms with Gasteiger partial charge in [-0.25, -0.2) is 9.18 Å². The highest BCUT2D eigenvalue weighted by Crippen LogP contribution is 2.27. The number of hydrogen-bond acceptors (Lipinski definition) is 2. The predicted octanol–water partition coefficient (Wildman–Crippen LogP) is 3.84. The van der Waals surface area contributed by atoms with Gasteiger partial charge in [-0.1, -0.05) is 23.7 Å². The Balaban J connectivity index is 1.87. The van der Waals surface area contributed by atoms with Gasteiger partial charge in [0, 0.05) is 10.7 Å². The second-order valence-electron chi connectivity index (χ2n) is 5.36. The van der Waals surface area contributed by atoms with Crippen molar-refractivity contribution in [1.29, 1.82) is 0 Å². The highest BCUT2D eigenvalue weighted by molar-refractivity contribution is 6.30. The molecule has 0 saturated carbocycles. The number of rotatable bonds is 3. The van der Waals surface area contributed by atoms with Crippen LogP contribution in [-0.4, -0.2) is 22.9 Å². The number of benzene rings is 2. The first kappa shape index (κ1) is 15.5. The first-order valence-corrected chi connectivity index (χ1v) is 7.50. The zero-order chi connectivity index (χ0) is 16.6. The molecule has 1 aliphatic heterocycles. The lowest BCUT2D eigenvalue weighted by molar-refractivity contribution is -0.127. The van der Waals surface area contributed by atoms with Gasteiger partial charge in [-0.15, -0.1) is 0 Å². The van der Waals surface area contributed by atoms with Crippen LogP contribution in [0.25, 0.3) is 0 Å². The van der Waals surface area contributed by atoms with Crippen molar-refractivity contribution in [3.63, 3.8) is 0 Å². The molecule has 1 unspecified atom stereocenters. The van der Waals surface area contributed by atoms with E-state index < -0.39 is 17.9 Å². The number of carbonyl (C=O) groups is 2. The SMILES string of the molecule is CC1C(=O)N(Cc2cccc(Cl)c2)C(=O)N1c1ccc(F)cc1. The molecular weight excluding hydrogens is 319 g/mol. The molecule has 1 aliphatic rings. The smallest absolute Gasteiger partial charge is 0.282 e. The average Bonchev–Trinajstić information content (AvgIpc) is 2.73. The minimum absolute atomic E-state index is 0.153. The van der Waals surface area contributed by atoms with E-state index >= 15 is 0 Å². The van der Waals surface area contributed by atoms with Gasteiger partial charge in [-0.2, -0.15) is 0 Å². The molecular formula is C17H14ClFN2O2. The Morgan fingerprint density at radius 2 is 1.83 bits per heavy atom. The van der Waals surface area contributed by atoms with Crippen LogP contribution in [0.2, 0.25) is 5.02 Å². The normalized spacial score (nSPS) is 18.0. The summed E-state index contributed by atoms with van der Waals surface area (Å²) in [6.07, 6.45) is 0. The van der Waals surface area contributed by atoms with Crippen LogP contribution in [0.3, 0.4) is 0 Å². The number of carbonyl (C=O) groups excluding carboxylic acids is 2. The summed E-state index contributed by atoms with van der Waals surface area (Å²) in [4.78, 5) is 27.6. The highest BCUT2D eigenvalue weighted by Gasteiger charge is 2.43. The van der Waals surface area contributed by atoms with Crippen molar-refractivity contribution in [2.24, 2.45) is 0 Å². The lowest BCUT2D eigenvalue weighted by atomic mass is 10.2. The number of halogens is 2. The minimum atomic E-state index is -0.632. The summed E-state index contributed by atoms with van der Waals surface area (Å²) >= 11 is 5.94. The summed E-state index contributed by atoms with van der Waals surface area (Å²) in [5.74, 6) is -0.686. The number of urea groups is 1. The molecule has 2 aromatic carbocycles. The first-order chi connectivity index (χ1) is 11.0. The van der Waals surface area contributed by atoms with E-state index in [1.165, 1.54) is 34.1 Å². The maximum atomic E-state index is 13.1. The summed E-state index contributed by atoms with van der Waals surface area (Å²) in [7, 11) is 0. The second kappa shape index (κ2) is 6.01. The van der Waals surface area contributed by atoms with E-state index in [4.69, 9.17) is 11.6 Å². The van der Waals surface area contributed by atoms with E-state index in [0.717, 1.165) is 5.56 Å². The average molecular weight is 333 g/mol. The molecule has 3 amide bonds. The van der Waals surface area contributed by atoms with Gasteiger partial charge in [0.15, 0.2) is 0 Å². The van der Waals surface area contributed by atoms with Crippen LogP contribution in [0.15, 0.2) is 48.5 Å². The van der Waals surface area contributed by atoms with Crippen LogP contribution in [0, 0.1) is 5.82 Å². The molecule has 0 N–H and O–H groups in total. The summed E-state index contributed by atoms with van der Waals surface area (Å²) in [5.41, 5.74) is 1.26. The Morgan fingerprint density at radius 3 is 2.48 bits per heavy atom. The maximum absolute atomic E-state index is 13.1. The van der Waals surface area contributed by atoms with Gasteiger partial charge in [0.1, 0.15) is 11.9 Å². The van der Waals surface area contributed by atoms with E-state index in [1.807, 2.05) is 0 Å². The Labute approximate surface area is 138 Å². The molecule has 6 heteroatoms. The fourth-order valence-corrected chi connectivity index (χ4v) is 2.84. The number of amides is 3. The van der Waals surface area contributed by atoms with Crippen LogP contribution >= 0.6 is 11.6 Å². The molecule has 4 nitrogen and oxygen atoms in total. The minimum Gasteiger partial charge on any atom is -0.282 e. The molecule has 1 atom stereocenters. The molecule has 1 heterocycles. The van der Waals surface area contributed by atoms with Crippen molar-refractivity contribution in [1.82, 2.24) is 4.90 Å². The van der Waals surface area contributed by atoms with Crippen molar-refractivity contribution in [3.05, 3.63) is 64.9 Å². The third-order valence-electron chi connectivity index (χ3n) is 3.78. The van der Waals surface area contributed by atoms with Gasteiger partial charge >= 0.3 is 6.03 Å². The highest BCUT2D eigenvalue weighted by atomic mass is 35.5. The number of imide groups is 1. The van der Waals surface area contributed by atoms with Crippen molar-refractivity contribution in [3.8, 4) is 0 Å². The van der Waals surface area contributed by atoms with Crippen LogP contribution < -0.4 is 4.90 Å². The monoisotopic (exact) mass is 332 g/mol. The van der Waals surface area contributed by atoms with E-state index in [2.05, 4.69) is 0 Å². The van der Waals surface area contributed by atoms with Gasteiger partial charge in [0.05, 0.1) is 6.54 Å². The van der Waals surface area contributed by atoms with Crippen LogP contribution in [0.4, 0.5) is 14.9 Å². The quantitative estimate of drug-likeness (QED) is 0.801. The zero-order valence-corrected chi connectivity index (χ0v) is 13.1. The fraction of sp³-hybridized carbons (Fsp3) is 0.176. The molecule has 1 saturated heterocycles. The van der Waals surface area contributed by atoms with E-state index in [9.17, 15) is 14.0 Å². The van der Waals surface area contributed by atoms with Crippen LogP contribution in [-0.2, 0) is 11.3 Å². The molecule has 0 aromatic heterocycles. The molecule has 0 bridgehead atoms. The van der Waals surface area contributed by atoms with Crippen molar-refractivity contribution in [2.75, 3.05) is 4.90 Å². The van der Waals surface area contributed by atoms with Crippen molar-refractivity contribution >= 4 is 29.2 Å². The molecule has 3 rings (SSSR count). The standard InChI is InChI=1S/C17H14ClFN2O2/c1-11-16(22)20(10-12-3-2-4-13(18)9-12)17(23)21(11)15-7-5-14(19)6-8-15/h2-9,11H,10H2,1H3. The number of hydrogen-bond donors (Lipinski definition) is 0. The summed E-state index contributed by atoms with van der Waals surface area (Å²) in [6, 6.07) is 11.5. The third-order valence-corrected chi connectivity index (χ3v) is 4.02. The molecule has 0 spiro atoms. The summed E-state index contributed by atoms with van der Waals surface area (Å²) in [5, 5.41) is 0.546. The Morgan fingerprint density at radius 1 is 1.13 bits per heavy atom. The zero-order valence-electron chi connectivity index (χ0n) is 12.4. The van der Waals surface area contributed by atoms with E-state index in [-0.39, 0.29) is 12.5 Å². The second-order valence-corrected chi connectivity index (χ2v) is 5.80. The summed E-state index contributed by atoms with van der Waals surface area (Å²) in [6.45, 7) is 1.81. The largest absolute Gasteiger partial charge is 0.332 e. The van der Waals surface area contributed by atoms with Crippen molar-refractivity contribution in [2.45, 2.75) is 19.5 Å². The van der Waals surface area contributed by atoms with Crippen LogP contribution in [0.5, 0.6) is 0 Å². The fourth-order valence-electron chi connectivity index (χ4n) is 2.63.